The smallest absolute Gasteiger partial charge is 0.0704 e. The minimum absolute atomic E-state index is 0.801. The van der Waals surface area contributed by atoms with Crippen molar-refractivity contribution in [2.75, 3.05) is 5.75 Å². The monoisotopic (exact) mass is 234 g/mol. The second-order valence-corrected chi connectivity index (χ2v) is 4.59. The molecule has 0 N–H and O–H groups in total. The fraction of sp³-hybridized carbons (Fsp3) is 0.143. The van der Waals surface area contributed by atoms with E-state index in [4.69, 9.17) is 0 Å². The summed E-state index contributed by atoms with van der Waals surface area (Å²) in [6.45, 7) is 0. The Morgan fingerprint density at radius 1 is 1.60 bits per heavy atom. The van der Waals surface area contributed by atoms with Gasteiger partial charge in [0, 0.05) is 10.6 Å². The molecule has 0 amide bonds. The van der Waals surface area contributed by atoms with Gasteiger partial charge in [-0.1, -0.05) is 6.08 Å². The molecule has 54 valence electrons. The van der Waals surface area contributed by atoms with Crippen molar-refractivity contribution in [1.82, 2.24) is 0 Å². The number of thiophene rings is 1. The molecule has 0 aromatic carbocycles. The van der Waals surface area contributed by atoms with E-state index in [1.54, 1.807) is 11.3 Å². The zero-order valence-corrected chi connectivity index (χ0v) is 8.55. The molecular weight excluding hydrogens is 228 g/mol. The summed E-state index contributed by atoms with van der Waals surface area (Å²) in [6.07, 6.45) is 4.10. The maximum atomic E-state index is 4.06. The van der Waals surface area contributed by atoms with Crippen LogP contribution in [0.1, 0.15) is 4.88 Å². The standard InChI is InChI=1S/C7H7BrS2/c8-7-4-3-6(10-7)2-1-5-9/h1-4,9H,5H2. The number of hydrogen-bond donors (Lipinski definition) is 1. The highest BCUT2D eigenvalue weighted by Gasteiger charge is 1.90. The molecule has 0 aliphatic heterocycles. The van der Waals surface area contributed by atoms with E-state index >= 15 is 0 Å². The molecule has 0 nitrogen and oxygen atoms in total. The third-order valence-electron chi connectivity index (χ3n) is 0.982. The maximum Gasteiger partial charge on any atom is 0.0704 e. The molecule has 0 saturated heterocycles. The van der Waals surface area contributed by atoms with Gasteiger partial charge in [-0.3, -0.25) is 0 Å². The van der Waals surface area contributed by atoms with Gasteiger partial charge >= 0.3 is 0 Å². The van der Waals surface area contributed by atoms with Gasteiger partial charge in [0.2, 0.25) is 0 Å². The molecule has 0 spiro atoms. The van der Waals surface area contributed by atoms with Crippen LogP contribution >= 0.6 is 39.9 Å². The van der Waals surface area contributed by atoms with Gasteiger partial charge in [-0.2, -0.15) is 12.6 Å². The Balaban J connectivity index is 2.67. The van der Waals surface area contributed by atoms with Crippen molar-refractivity contribution in [3.8, 4) is 0 Å². The van der Waals surface area contributed by atoms with Gasteiger partial charge < -0.3 is 0 Å². The maximum absolute atomic E-state index is 4.06. The van der Waals surface area contributed by atoms with Crippen molar-refractivity contribution in [2.24, 2.45) is 0 Å². The summed E-state index contributed by atoms with van der Waals surface area (Å²) in [5.41, 5.74) is 0. The van der Waals surface area contributed by atoms with Crippen LogP contribution in [0.25, 0.3) is 6.08 Å². The van der Waals surface area contributed by atoms with E-state index in [9.17, 15) is 0 Å². The van der Waals surface area contributed by atoms with Crippen LogP contribution in [0.5, 0.6) is 0 Å². The third-order valence-corrected chi connectivity index (χ3v) is 2.78. The lowest BCUT2D eigenvalue weighted by Gasteiger charge is -1.79. The van der Waals surface area contributed by atoms with Crippen molar-refractivity contribution in [2.45, 2.75) is 0 Å². The molecule has 1 heterocycles. The molecule has 0 saturated carbocycles. The highest BCUT2D eigenvalue weighted by Crippen LogP contribution is 2.22. The van der Waals surface area contributed by atoms with Crippen molar-refractivity contribution in [1.29, 1.82) is 0 Å². The number of halogens is 1. The van der Waals surface area contributed by atoms with E-state index in [1.807, 2.05) is 12.1 Å². The van der Waals surface area contributed by atoms with E-state index in [-0.39, 0.29) is 0 Å². The second kappa shape index (κ2) is 4.21. The van der Waals surface area contributed by atoms with Gasteiger partial charge in [-0.25, -0.2) is 0 Å². The summed E-state index contributed by atoms with van der Waals surface area (Å²) in [7, 11) is 0. The zero-order chi connectivity index (χ0) is 7.40. The van der Waals surface area contributed by atoms with Crippen LogP contribution in [0.15, 0.2) is 22.0 Å². The lowest BCUT2D eigenvalue weighted by atomic mass is 10.4. The van der Waals surface area contributed by atoms with Crippen molar-refractivity contribution < 1.29 is 0 Å². The summed E-state index contributed by atoms with van der Waals surface area (Å²) >= 11 is 9.18. The summed E-state index contributed by atoms with van der Waals surface area (Å²) in [5.74, 6) is 0.801. The van der Waals surface area contributed by atoms with Crippen LogP contribution in [0.2, 0.25) is 0 Å². The molecule has 3 heteroatoms. The highest BCUT2D eigenvalue weighted by molar-refractivity contribution is 9.11. The molecule has 0 bridgehead atoms. The average Bonchev–Trinajstić information content (AvgIpc) is 2.31. The van der Waals surface area contributed by atoms with Gasteiger partial charge in [0.25, 0.3) is 0 Å². The number of hydrogen-bond acceptors (Lipinski definition) is 2. The normalized spacial score (nSPS) is 11.0. The Morgan fingerprint density at radius 2 is 2.40 bits per heavy atom. The Kier molecular flexibility index (Phi) is 3.52. The topological polar surface area (TPSA) is 0 Å². The van der Waals surface area contributed by atoms with E-state index < -0.39 is 0 Å². The van der Waals surface area contributed by atoms with Gasteiger partial charge in [0.15, 0.2) is 0 Å². The van der Waals surface area contributed by atoms with Gasteiger partial charge in [0.1, 0.15) is 0 Å². The third kappa shape index (κ3) is 2.48. The molecule has 1 aromatic rings. The summed E-state index contributed by atoms with van der Waals surface area (Å²) in [5, 5.41) is 0. The second-order valence-electron chi connectivity index (χ2n) is 1.73. The quantitative estimate of drug-likeness (QED) is 0.745. The molecule has 1 aromatic heterocycles. The lowest BCUT2D eigenvalue weighted by Crippen LogP contribution is -1.58. The summed E-state index contributed by atoms with van der Waals surface area (Å²) in [4.78, 5) is 1.26. The summed E-state index contributed by atoms with van der Waals surface area (Å²) in [6, 6.07) is 4.12. The Labute approximate surface area is 78.5 Å². The average molecular weight is 235 g/mol. The largest absolute Gasteiger partial charge is 0.175 e. The first-order valence-corrected chi connectivity index (χ1v) is 5.10. The Hall–Kier alpha value is 0.270. The fourth-order valence-electron chi connectivity index (χ4n) is 0.587. The zero-order valence-electron chi connectivity index (χ0n) is 5.25. The molecule has 0 fully saturated rings. The van der Waals surface area contributed by atoms with Crippen LogP contribution < -0.4 is 0 Å². The first kappa shape index (κ1) is 8.37. The fourth-order valence-corrected chi connectivity index (χ4v) is 2.05. The Bertz CT molecular complexity index is 227. The minimum atomic E-state index is 0.801. The molecule has 1 rings (SSSR count). The van der Waals surface area contributed by atoms with Crippen LogP contribution in [0.4, 0.5) is 0 Å². The van der Waals surface area contributed by atoms with Gasteiger partial charge in [0.05, 0.1) is 3.79 Å². The van der Waals surface area contributed by atoms with E-state index in [2.05, 4.69) is 40.7 Å². The Morgan fingerprint density at radius 3 is 2.90 bits per heavy atom. The SMILES string of the molecule is SCC=Cc1ccc(Br)s1. The van der Waals surface area contributed by atoms with Crippen molar-refractivity contribution in [3.63, 3.8) is 0 Å². The highest BCUT2D eigenvalue weighted by atomic mass is 79.9. The molecule has 0 aliphatic rings. The predicted octanol–water partition coefficient (Wildman–Crippen LogP) is 3.45. The van der Waals surface area contributed by atoms with Crippen LogP contribution in [-0.2, 0) is 0 Å². The van der Waals surface area contributed by atoms with Crippen LogP contribution in [0.3, 0.4) is 0 Å². The first-order chi connectivity index (χ1) is 4.83. The minimum Gasteiger partial charge on any atom is -0.175 e. The predicted molar refractivity (Wildman–Crippen MR) is 54.9 cm³/mol. The number of thiol groups is 1. The van der Waals surface area contributed by atoms with E-state index in [1.165, 1.54) is 8.66 Å². The molecule has 0 atom stereocenters. The number of rotatable bonds is 2. The van der Waals surface area contributed by atoms with Crippen LogP contribution in [-0.4, -0.2) is 5.75 Å². The molecule has 10 heavy (non-hydrogen) atoms. The van der Waals surface area contributed by atoms with E-state index in [0.29, 0.717) is 0 Å². The first-order valence-electron chi connectivity index (χ1n) is 2.85. The van der Waals surface area contributed by atoms with Crippen molar-refractivity contribution >= 4 is 46.0 Å². The van der Waals surface area contributed by atoms with Crippen molar-refractivity contribution in [3.05, 3.63) is 26.9 Å². The molecule has 0 unspecified atom stereocenters. The van der Waals surface area contributed by atoms with E-state index in [0.717, 1.165) is 5.75 Å². The molecule has 0 radical (unpaired) electrons. The van der Waals surface area contributed by atoms with Crippen LogP contribution in [0, 0.1) is 0 Å². The lowest BCUT2D eigenvalue weighted by molar-refractivity contribution is 1.82. The van der Waals surface area contributed by atoms with Gasteiger partial charge in [-0.05, 0) is 34.1 Å². The summed E-state index contributed by atoms with van der Waals surface area (Å²) < 4.78 is 1.17. The molecular formula is C7H7BrS2. The molecule has 0 aliphatic carbocycles. The van der Waals surface area contributed by atoms with Gasteiger partial charge in [-0.15, -0.1) is 11.3 Å².